The summed E-state index contributed by atoms with van der Waals surface area (Å²) in [7, 11) is 0. The molecule has 0 heterocycles. The second-order valence-corrected chi connectivity index (χ2v) is 8.94. The van der Waals surface area contributed by atoms with Gasteiger partial charge in [-0.2, -0.15) is 0 Å². The number of unbranched alkanes of at least 4 members (excludes halogenated alkanes) is 1. The molecule has 4 amide bonds. The Morgan fingerprint density at radius 1 is 0.889 bits per heavy atom. The lowest BCUT2D eigenvalue weighted by Gasteiger charge is -2.26. The summed E-state index contributed by atoms with van der Waals surface area (Å²) in [6.07, 6.45) is 1.00. The van der Waals surface area contributed by atoms with Gasteiger partial charge in [-0.3, -0.25) is 19.2 Å². The molecule has 0 aliphatic heterocycles. The number of amides is 4. The lowest BCUT2D eigenvalue weighted by Crippen LogP contribution is -2.58. The number of hydrogen-bond donors (Lipinski definition) is 7. The number of hydrogen-bond acceptors (Lipinski definition) is 7. The number of aliphatic carboxylic acids is 1. The van der Waals surface area contributed by atoms with Crippen molar-refractivity contribution in [1.82, 2.24) is 16.0 Å². The van der Waals surface area contributed by atoms with Crippen LogP contribution in [0.1, 0.15) is 45.1 Å². The Kier molecular flexibility index (Phi) is 13.1. The molecule has 36 heavy (non-hydrogen) atoms. The van der Waals surface area contributed by atoms with Gasteiger partial charge in [0.1, 0.15) is 18.1 Å². The number of primary amides is 1. The Morgan fingerprint density at radius 2 is 1.47 bits per heavy atom. The predicted octanol–water partition coefficient (Wildman–Crippen LogP) is -1.24. The van der Waals surface area contributed by atoms with Crippen molar-refractivity contribution < 1.29 is 29.1 Å². The molecule has 0 saturated carbocycles. The number of nitrogens with two attached hydrogens (primary N) is 3. The molecule has 0 aliphatic rings. The van der Waals surface area contributed by atoms with Crippen molar-refractivity contribution in [3.63, 3.8) is 0 Å². The number of nitrogens with one attached hydrogen (secondary N) is 3. The summed E-state index contributed by atoms with van der Waals surface area (Å²) in [4.78, 5) is 61.4. The molecule has 0 saturated heterocycles. The summed E-state index contributed by atoms with van der Waals surface area (Å²) in [6, 6.07) is 4.32. The first-order valence-electron chi connectivity index (χ1n) is 11.9. The summed E-state index contributed by atoms with van der Waals surface area (Å²) in [6.45, 7) is 3.69. The number of carbonyl (C=O) groups is 5. The van der Waals surface area contributed by atoms with E-state index in [1.807, 2.05) is 0 Å². The second-order valence-electron chi connectivity index (χ2n) is 8.94. The summed E-state index contributed by atoms with van der Waals surface area (Å²) < 4.78 is 0. The molecule has 0 radical (unpaired) electrons. The molecule has 200 valence electrons. The Balaban J connectivity index is 3.11. The van der Waals surface area contributed by atoms with Gasteiger partial charge in [-0.1, -0.05) is 44.2 Å². The van der Waals surface area contributed by atoms with Crippen molar-refractivity contribution in [2.75, 3.05) is 6.54 Å². The molecule has 0 bridgehead atoms. The first-order valence-corrected chi connectivity index (χ1v) is 11.9. The molecule has 1 aromatic rings. The molecular weight excluding hydrogens is 468 g/mol. The van der Waals surface area contributed by atoms with Crippen molar-refractivity contribution in [2.24, 2.45) is 23.1 Å². The average Bonchev–Trinajstić information content (AvgIpc) is 2.81. The van der Waals surface area contributed by atoms with Crippen molar-refractivity contribution in [3.05, 3.63) is 35.9 Å². The van der Waals surface area contributed by atoms with Gasteiger partial charge in [0.15, 0.2) is 0 Å². The van der Waals surface area contributed by atoms with E-state index < -0.39 is 66.1 Å². The van der Waals surface area contributed by atoms with Crippen LogP contribution in [0.4, 0.5) is 0 Å². The van der Waals surface area contributed by atoms with Gasteiger partial charge >= 0.3 is 5.97 Å². The van der Waals surface area contributed by atoms with Gasteiger partial charge in [-0.15, -0.1) is 0 Å². The molecule has 1 rings (SSSR count). The van der Waals surface area contributed by atoms with Crippen LogP contribution in [0.2, 0.25) is 0 Å². The van der Waals surface area contributed by atoms with E-state index in [4.69, 9.17) is 17.2 Å². The molecule has 10 N–H and O–H groups in total. The lowest BCUT2D eigenvalue weighted by atomic mass is 10.0. The van der Waals surface area contributed by atoms with E-state index in [-0.39, 0.29) is 12.8 Å². The van der Waals surface area contributed by atoms with Crippen LogP contribution in [0.3, 0.4) is 0 Å². The molecule has 4 atom stereocenters. The van der Waals surface area contributed by atoms with Crippen LogP contribution in [0.25, 0.3) is 0 Å². The molecule has 0 aromatic heterocycles. The third kappa shape index (κ3) is 10.8. The molecule has 4 unspecified atom stereocenters. The maximum absolute atomic E-state index is 13.2. The third-order valence-corrected chi connectivity index (χ3v) is 5.48. The highest BCUT2D eigenvalue weighted by atomic mass is 16.4. The average molecular weight is 507 g/mol. The van der Waals surface area contributed by atoms with Crippen LogP contribution in [-0.2, 0) is 30.4 Å². The van der Waals surface area contributed by atoms with Crippen LogP contribution >= 0.6 is 0 Å². The van der Waals surface area contributed by atoms with Gasteiger partial charge in [0, 0.05) is 6.42 Å². The van der Waals surface area contributed by atoms with E-state index in [1.54, 1.807) is 44.2 Å². The third-order valence-electron chi connectivity index (χ3n) is 5.48. The number of carbonyl (C=O) groups excluding carboxylic acids is 4. The van der Waals surface area contributed by atoms with Gasteiger partial charge in [-0.05, 0) is 37.3 Å². The van der Waals surface area contributed by atoms with E-state index >= 15 is 0 Å². The number of carboxylic acid groups (broad SMARTS) is 1. The molecule has 0 aliphatic carbocycles. The molecular formula is C24H38N6O6. The zero-order valence-electron chi connectivity index (χ0n) is 20.7. The van der Waals surface area contributed by atoms with Gasteiger partial charge in [0.05, 0.1) is 12.5 Å². The standard InChI is InChI=1S/C24H38N6O6/c1-14(2)20(24(35)36)30-23(34)18(12-15-8-4-3-5-9-15)29-22(33)17(10-6-7-11-25)28-21(32)16(26)13-19(27)31/h3-5,8-9,14,16-18,20H,6-7,10-13,25-26H2,1-2H3,(H2,27,31)(H,28,32)(H,29,33)(H,30,34)(H,35,36). The zero-order chi connectivity index (χ0) is 27.3. The number of carboxylic acids is 1. The zero-order valence-corrected chi connectivity index (χ0v) is 20.7. The topological polar surface area (TPSA) is 220 Å². The van der Waals surface area contributed by atoms with Gasteiger partial charge < -0.3 is 38.3 Å². The Morgan fingerprint density at radius 3 is 2.00 bits per heavy atom. The second kappa shape index (κ2) is 15.5. The largest absolute Gasteiger partial charge is 0.480 e. The minimum Gasteiger partial charge on any atom is -0.480 e. The molecule has 12 heteroatoms. The van der Waals surface area contributed by atoms with Crippen LogP contribution in [-0.4, -0.2) is 65.4 Å². The normalized spacial score (nSPS) is 14.2. The predicted molar refractivity (Wildman–Crippen MR) is 133 cm³/mol. The lowest BCUT2D eigenvalue weighted by molar-refractivity contribution is -0.143. The first-order chi connectivity index (χ1) is 17.0. The highest BCUT2D eigenvalue weighted by Crippen LogP contribution is 2.09. The minimum absolute atomic E-state index is 0.0908. The first kappa shape index (κ1) is 30.5. The van der Waals surface area contributed by atoms with E-state index in [2.05, 4.69) is 16.0 Å². The van der Waals surface area contributed by atoms with Crippen molar-refractivity contribution in [1.29, 1.82) is 0 Å². The van der Waals surface area contributed by atoms with Gasteiger partial charge in [0.2, 0.25) is 23.6 Å². The summed E-state index contributed by atoms with van der Waals surface area (Å²) >= 11 is 0. The van der Waals surface area contributed by atoms with Crippen LogP contribution < -0.4 is 33.2 Å². The number of benzene rings is 1. The Hall–Kier alpha value is -3.51. The minimum atomic E-state index is -1.24. The van der Waals surface area contributed by atoms with E-state index in [0.29, 0.717) is 19.4 Å². The fourth-order valence-electron chi connectivity index (χ4n) is 3.45. The SMILES string of the molecule is CC(C)C(NC(=O)C(Cc1ccccc1)NC(=O)C(CCCCN)NC(=O)C(N)CC(N)=O)C(=O)O. The van der Waals surface area contributed by atoms with Gasteiger partial charge in [-0.25, -0.2) is 4.79 Å². The quantitative estimate of drug-likeness (QED) is 0.134. The van der Waals surface area contributed by atoms with Gasteiger partial charge in [0.25, 0.3) is 0 Å². The van der Waals surface area contributed by atoms with Crippen molar-refractivity contribution in [3.8, 4) is 0 Å². The Labute approximate surface area is 210 Å². The molecule has 0 spiro atoms. The van der Waals surface area contributed by atoms with Crippen LogP contribution in [0, 0.1) is 5.92 Å². The molecule has 12 nitrogen and oxygen atoms in total. The van der Waals surface area contributed by atoms with Crippen molar-refractivity contribution in [2.45, 2.75) is 70.1 Å². The molecule has 0 fully saturated rings. The fraction of sp³-hybridized carbons (Fsp3) is 0.542. The van der Waals surface area contributed by atoms with E-state index in [9.17, 15) is 29.1 Å². The highest BCUT2D eigenvalue weighted by Gasteiger charge is 2.31. The highest BCUT2D eigenvalue weighted by molar-refractivity contribution is 5.95. The van der Waals surface area contributed by atoms with E-state index in [0.717, 1.165) is 5.56 Å². The van der Waals surface area contributed by atoms with Crippen molar-refractivity contribution >= 4 is 29.6 Å². The maximum atomic E-state index is 13.2. The fourth-order valence-corrected chi connectivity index (χ4v) is 3.45. The Bertz CT molecular complexity index is 894. The summed E-state index contributed by atoms with van der Waals surface area (Å²) in [5, 5.41) is 17.1. The summed E-state index contributed by atoms with van der Waals surface area (Å²) in [5.74, 6) is -4.42. The van der Waals surface area contributed by atoms with E-state index in [1.165, 1.54) is 0 Å². The summed E-state index contributed by atoms with van der Waals surface area (Å²) in [5.41, 5.74) is 17.1. The monoisotopic (exact) mass is 506 g/mol. The maximum Gasteiger partial charge on any atom is 0.326 e. The molecule has 1 aromatic carbocycles. The van der Waals surface area contributed by atoms with Crippen LogP contribution in [0.5, 0.6) is 0 Å². The van der Waals surface area contributed by atoms with Crippen LogP contribution in [0.15, 0.2) is 30.3 Å². The number of rotatable bonds is 16. The smallest absolute Gasteiger partial charge is 0.326 e.